The van der Waals surface area contributed by atoms with Crippen molar-refractivity contribution in [2.75, 3.05) is 0 Å². The molecule has 0 heterocycles. The Bertz CT molecular complexity index is 351. The van der Waals surface area contributed by atoms with Gasteiger partial charge in [0.1, 0.15) is 0 Å². The normalized spacial score (nSPS) is 12.3. The van der Waals surface area contributed by atoms with Gasteiger partial charge in [-0.3, -0.25) is 0 Å². The van der Waals surface area contributed by atoms with Crippen LogP contribution in [0.4, 0.5) is 0 Å². The third kappa shape index (κ3) is 3.04. The lowest BCUT2D eigenvalue weighted by atomic mass is 10.2. The molecule has 0 bridgehead atoms. The summed E-state index contributed by atoms with van der Waals surface area (Å²) in [6, 6.07) is 0. The number of carbonyl (C=O) groups is 1. The van der Waals surface area contributed by atoms with Crippen molar-refractivity contribution in [3.05, 3.63) is 12.2 Å². The molecular weight excluding hydrogens is 220 g/mol. The van der Waals surface area contributed by atoms with E-state index in [4.69, 9.17) is 0 Å². The smallest absolute Gasteiger partial charge is 0.348 e. The lowest BCUT2D eigenvalue weighted by Crippen LogP contribution is -2.39. The van der Waals surface area contributed by atoms with Gasteiger partial charge in [0.15, 0.2) is 0 Å². The maximum Gasteiger partial charge on any atom is 0.348 e. The van der Waals surface area contributed by atoms with Gasteiger partial charge in [-0.15, -0.1) is 0 Å². The molecule has 0 aliphatic carbocycles. The van der Waals surface area contributed by atoms with E-state index in [1.807, 2.05) is 0 Å². The minimum Gasteiger partial charge on any atom is -0.372 e. The molecule has 0 aromatic carbocycles. The number of hydrogen-bond donors (Lipinski definition) is 1. The summed E-state index contributed by atoms with van der Waals surface area (Å²) in [5.41, 5.74) is -0.0341. The molecule has 0 aliphatic heterocycles. The van der Waals surface area contributed by atoms with Crippen molar-refractivity contribution in [3.8, 4) is 0 Å². The number of hydrogen-bond acceptors (Lipinski definition) is 5. The highest BCUT2D eigenvalue weighted by molar-refractivity contribution is 7.88. The Labute approximate surface area is 89.9 Å². The van der Waals surface area contributed by atoms with Crippen LogP contribution < -0.4 is 0 Å². The van der Waals surface area contributed by atoms with Crippen molar-refractivity contribution in [3.63, 3.8) is 0 Å². The topological polar surface area (TPSA) is 80.7 Å². The molecular formula is C9H16O5S. The van der Waals surface area contributed by atoms with Gasteiger partial charge in [-0.25, -0.2) is 4.79 Å². The van der Waals surface area contributed by atoms with Crippen LogP contribution in [0.3, 0.4) is 0 Å². The first kappa shape index (κ1) is 14.1. The number of aliphatic hydroxyl groups is 1. The average Bonchev–Trinajstić information content (AvgIpc) is 2.15. The highest BCUT2D eigenvalue weighted by Gasteiger charge is 2.41. The maximum atomic E-state index is 11.5. The fraction of sp³-hybridized carbons (Fsp3) is 0.667. The fourth-order valence-electron chi connectivity index (χ4n) is 0.852. The molecule has 0 radical (unpaired) electrons. The second kappa shape index (κ2) is 4.76. The Morgan fingerprint density at radius 3 is 2.07 bits per heavy atom. The molecule has 0 rings (SSSR count). The highest BCUT2D eigenvalue weighted by atomic mass is 32.2. The van der Waals surface area contributed by atoms with Gasteiger partial charge >= 0.3 is 16.1 Å². The molecule has 0 aromatic rings. The maximum absolute atomic E-state index is 11.5. The van der Waals surface area contributed by atoms with E-state index in [1.54, 1.807) is 0 Å². The molecule has 5 nitrogen and oxygen atoms in total. The van der Waals surface area contributed by atoms with E-state index in [1.165, 1.54) is 20.8 Å². The van der Waals surface area contributed by atoms with Crippen LogP contribution in [0, 0.1) is 0 Å². The minimum atomic E-state index is -4.32. The van der Waals surface area contributed by atoms with Crippen molar-refractivity contribution in [2.45, 2.75) is 38.5 Å². The first-order valence-corrected chi connectivity index (χ1v) is 5.97. The Morgan fingerprint density at radius 1 is 1.40 bits per heavy atom. The first-order chi connectivity index (χ1) is 6.70. The van der Waals surface area contributed by atoms with Crippen LogP contribution in [-0.4, -0.2) is 24.4 Å². The Kier molecular flexibility index (Phi) is 4.48. The third-order valence-corrected chi connectivity index (χ3v) is 3.98. The Morgan fingerprint density at radius 2 is 1.80 bits per heavy atom. The molecule has 0 saturated heterocycles. The Balaban J connectivity index is 5.00. The summed E-state index contributed by atoms with van der Waals surface area (Å²) in [5, 5.41) is 9.69. The second-order valence-electron chi connectivity index (χ2n) is 3.26. The minimum absolute atomic E-state index is 0.0341. The molecule has 0 unspecified atom stereocenters. The summed E-state index contributed by atoms with van der Waals surface area (Å²) in [6.07, 6.45) is -0.0927. The summed E-state index contributed by atoms with van der Waals surface area (Å²) >= 11 is 0. The molecule has 0 aromatic heterocycles. The quantitative estimate of drug-likeness (QED) is 0.567. The first-order valence-electron chi connectivity index (χ1n) is 4.56. The predicted octanol–water partition coefficient (Wildman–Crippen LogP) is 0.944. The molecule has 0 atom stereocenters. The summed E-state index contributed by atoms with van der Waals surface area (Å²) < 4.78 is 27.2. The fourth-order valence-corrected chi connectivity index (χ4v) is 2.06. The van der Waals surface area contributed by atoms with Crippen LogP contribution in [0.5, 0.6) is 0 Å². The molecule has 0 saturated carbocycles. The summed E-state index contributed by atoms with van der Waals surface area (Å²) in [6.45, 7) is 7.57. The zero-order chi connectivity index (χ0) is 12.3. The molecule has 88 valence electrons. The van der Waals surface area contributed by atoms with E-state index < -0.39 is 21.0 Å². The largest absolute Gasteiger partial charge is 0.372 e. The van der Waals surface area contributed by atoms with Gasteiger partial charge < -0.3 is 9.29 Å². The van der Waals surface area contributed by atoms with Crippen LogP contribution >= 0.6 is 0 Å². The van der Waals surface area contributed by atoms with E-state index >= 15 is 0 Å². The van der Waals surface area contributed by atoms with E-state index in [9.17, 15) is 18.3 Å². The second-order valence-corrected chi connectivity index (χ2v) is 5.09. The average molecular weight is 236 g/mol. The zero-order valence-corrected chi connectivity index (χ0v) is 9.93. The van der Waals surface area contributed by atoms with Gasteiger partial charge in [0.2, 0.25) is 4.93 Å². The van der Waals surface area contributed by atoms with Crippen LogP contribution in [0.15, 0.2) is 12.2 Å². The van der Waals surface area contributed by atoms with E-state index in [-0.39, 0.29) is 18.4 Å². The van der Waals surface area contributed by atoms with Crippen molar-refractivity contribution < 1.29 is 22.5 Å². The molecule has 1 N–H and O–H groups in total. The standard InChI is InChI=1S/C9H16O5S/c1-5-9(11,6-2)15(12,13)14-8(10)7(3)4/h11H,3,5-6H2,1-2,4H3. The molecule has 0 spiro atoms. The summed E-state index contributed by atoms with van der Waals surface area (Å²) in [7, 11) is -4.32. The lowest BCUT2D eigenvalue weighted by molar-refractivity contribution is -0.130. The van der Waals surface area contributed by atoms with Gasteiger partial charge in [0.05, 0.1) is 0 Å². The summed E-state index contributed by atoms with van der Waals surface area (Å²) in [4.78, 5) is 9.01. The van der Waals surface area contributed by atoms with Crippen LogP contribution in [0.2, 0.25) is 0 Å². The number of carbonyl (C=O) groups excluding carboxylic acids is 1. The van der Waals surface area contributed by atoms with Crippen molar-refractivity contribution in [1.82, 2.24) is 0 Å². The molecule has 0 amide bonds. The van der Waals surface area contributed by atoms with Gasteiger partial charge in [0, 0.05) is 5.57 Å². The molecule has 0 aliphatic rings. The summed E-state index contributed by atoms with van der Waals surface area (Å²) in [5.74, 6) is -1.05. The van der Waals surface area contributed by atoms with Gasteiger partial charge in [-0.1, -0.05) is 20.4 Å². The van der Waals surface area contributed by atoms with Gasteiger partial charge in [-0.2, -0.15) is 8.42 Å². The molecule has 15 heavy (non-hydrogen) atoms. The van der Waals surface area contributed by atoms with E-state index in [0.29, 0.717) is 0 Å². The van der Waals surface area contributed by atoms with Gasteiger partial charge in [-0.05, 0) is 19.8 Å². The molecule has 0 fully saturated rings. The van der Waals surface area contributed by atoms with Crippen molar-refractivity contribution >= 4 is 16.1 Å². The van der Waals surface area contributed by atoms with Gasteiger partial charge in [0.25, 0.3) is 0 Å². The van der Waals surface area contributed by atoms with Crippen LogP contribution in [0.25, 0.3) is 0 Å². The predicted molar refractivity (Wildman–Crippen MR) is 55.4 cm³/mol. The Hall–Kier alpha value is -0.880. The lowest BCUT2D eigenvalue weighted by Gasteiger charge is -2.23. The van der Waals surface area contributed by atoms with E-state index in [2.05, 4.69) is 10.8 Å². The van der Waals surface area contributed by atoms with Crippen LogP contribution in [0.1, 0.15) is 33.6 Å². The van der Waals surface area contributed by atoms with Crippen molar-refractivity contribution in [1.29, 1.82) is 0 Å². The number of rotatable bonds is 5. The van der Waals surface area contributed by atoms with E-state index in [0.717, 1.165) is 0 Å². The highest BCUT2D eigenvalue weighted by Crippen LogP contribution is 2.24. The third-order valence-electron chi connectivity index (χ3n) is 2.10. The van der Waals surface area contributed by atoms with Crippen molar-refractivity contribution in [2.24, 2.45) is 0 Å². The zero-order valence-electron chi connectivity index (χ0n) is 9.11. The van der Waals surface area contributed by atoms with Crippen LogP contribution in [-0.2, 0) is 19.1 Å². The SMILES string of the molecule is C=C(C)C(=O)OS(=O)(=O)C(O)(CC)CC. The molecule has 6 heteroatoms. The monoisotopic (exact) mass is 236 g/mol.